The van der Waals surface area contributed by atoms with Crippen LogP contribution in [0.4, 0.5) is 0 Å². The van der Waals surface area contributed by atoms with Crippen molar-refractivity contribution in [2.45, 2.75) is 31.7 Å². The molecular weight excluding hydrogens is 284 g/mol. The van der Waals surface area contributed by atoms with E-state index in [0.29, 0.717) is 11.3 Å². The molecule has 2 rings (SSSR count). The number of ether oxygens (including phenoxy) is 1. The number of carbonyl (C=O) groups excluding carboxylic acids is 1. The minimum Gasteiger partial charge on any atom is -0.467 e. The van der Waals surface area contributed by atoms with E-state index in [-0.39, 0.29) is 5.78 Å². The summed E-state index contributed by atoms with van der Waals surface area (Å²) in [6.45, 7) is 2.17. The summed E-state index contributed by atoms with van der Waals surface area (Å²) in [4.78, 5) is 12.1. The number of hydrogen-bond donors (Lipinski definition) is 0. The van der Waals surface area contributed by atoms with Gasteiger partial charge in [-0.3, -0.25) is 4.79 Å². The van der Waals surface area contributed by atoms with Gasteiger partial charge in [-0.15, -0.1) is 0 Å². The fourth-order valence-corrected chi connectivity index (χ4v) is 2.25. The molecular formula is C18H19ClO2. The number of benzene rings is 2. The highest BCUT2D eigenvalue weighted by Crippen LogP contribution is 2.18. The Morgan fingerprint density at radius 3 is 2.38 bits per heavy atom. The van der Waals surface area contributed by atoms with E-state index in [4.69, 9.17) is 16.3 Å². The molecule has 0 aliphatic carbocycles. The van der Waals surface area contributed by atoms with E-state index in [1.807, 2.05) is 30.3 Å². The Morgan fingerprint density at radius 2 is 1.76 bits per heavy atom. The van der Waals surface area contributed by atoms with Crippen LogP contribution in [0, 0.1) is 0 Å². The number of alkyl halides is 1. The SMILES string of the molecule is CCCCc1ccc(OC(Cl)C(=O)c2ccccc2)cc1. The molecule has 0 aliphatic heterocycles. The van der Waals surface area contributed by atoms with Crippen LogP contribution in [-0.4, -0.2) is 11.3 Å². The number of Topliss-reactive ketones (excluding diaryl/α,β-unsaturated/α-hetero) is 1. The van der Waals surface area contributed by atoms with Crippen molar-refractivity contribution in [1.82, 2.24) is 0 Å². The van der Waals surface area contributed by atoms with Gasteiger partial charge in [0.1, 0.15) is 5.75 Å². The molecule has 110 valence electrons. The van der Waals surface area contributed by atoms with Gasteiger partial charge in [0.2, 0.25) is 11.3 Å². The van der Waals surface area contributed by atoms with Crippen LogP contribution in [0.25, 0.3) is 0 Å². The summed E-state index contributed by atoms with van der Waals surface area (Å²) in [6, 6.07) is 16.7. The third kappa shape index (κ3) is 4.61. The van der Waals surface area contributed by atoms with E-state index >= 15 is 0 Å². The number of carbonyl (C=O) groups is 1. The van der Waals surface area contributed by atoms with Crippen LogP contribution in [0.1, 0.15) is 35.7 Å². The van der Waals surface area contributed by atoms with Gasteiger partial charge >= 0.3 is 0 Å². The predicted octanol–water partition coefficient (Wildman–Crippen LogP) is 4.86. The minimum atomic E-state index is -1.01. The Balaban J connectivity index is 1.96. The lowest BCUT2D eigenvalue weighted by atomic mass is 10.1. The smallest absolute Gasteiger partial charge is 0.234 e. The summed E-state index contributed by atoms with van der Waals surface area (Å²) in [6.07, 6.45) is 3.41. The van der Waals surface area contributed by atoms with Crippen molar-refractivity contribution in [2.75, 3.05) is 0 Å². The zero-order chi connectivity index (χ0) is 15.1. The molecule has 0 saturated carbocycles. The lowest BCUT2D eigenvalue weighted by Gasteiger charge is -2.12. The van der Waals surface area contributed by atoms with E-state index < -0.39 is 5.56 Å². The standard InChI is InChI=1S/C18H19ClO2/c1-2-3-7-14-10-12-16(13-11-14)21-18(19)17(20)15-8-5-4-6-9-15/h4-6,8-13,18H,2-3,7H2,1H3. The van der Waals surface area contributed by atoms with Crippen LogP contribution < -0.4 is 4.74 Å². The summed E-state index contributed by atoms with van der Waals surface area (Å²) in [5.41, 5.74) is 0.815. The first-order chi connectivity index (χ1) is 10.2. The molecule has 0 spiro atoms. The summed E-state index contributed by atoms with van der Waals surface area (Å²) in [5.74, 6) is 0.381. The molecule has 0 bridgehead atoms. The van der Waals surface area contributed by atoms with Crippen molar-refractivity contribution in [3.8, 4) is 5.75 Å². The second kappa shape index (κ2) is 7.84. The fraction of sp³-hybridized carbons (Fsp3) is 0.278. The Labute approximate surface area is 130 Å². The number of unbranched alkanes of at least 4 members (excludes halogenated alkanes) is 1. The fourth-order valence-electron chi connectivity index (χ4n) is 2.02. The molecule has 0 aliphatic rings. The first-order valence-corrected chi connectivity index (χ1v) is 7.63. The lowest BCUT2D eigenvalue weighted by Crippen LogP contribution is -2.21. The van der Waals surface area contributed by atoms with Gasteiger partial charge in [0.15, 0.2) is 0 Å². The number of aryl methyl sites for hydroxylation is 1. The predicted molar refractivity (Wildman–Crippen MR) is 86.1 cm³/mol. The van der Waals surface area contributed by atoms with Gasteiger partial charge in [0, 0.05) is 5.56 Å². The molecule has 0 heterocycles. The summed E-state index contributed by atoms with van der Waals surface area (Å²) < 4.78 is 5.51. The molecule has 21 heavy (non-hydrogen) atoms. The highest BCUT2D eigenvalue weighted by atomic mass is 35.5. The molecule has 1 unspecified atom stereocenters. The lowest BCUT2D eigenvalue weighted by molar-refractivity contribution is 0.0885. The molecule has 0 radical (unpaired) electrons. The highest BCUT2D eigenvalue weighted by molar-refractivity contribution is 6.32. The molecule has 3 heteroatoms. The molecule has 0 aromatic heterocycles. The summed E-state index contributed by atoms with van der Waals surface area (Å²) in [7, 11) is 0. The van der Waals surface area contributed by atoms with Crippen molar-refractivity contribution in [3.05, 3.63) is 65.7 Å². The monoisotopic (exact) mass is 302 g/mol. The third-order valence-corrected chi connectivity index (χ3v) is 3.53. The Bertz CT molecular complexity index is 564. The van der Waals surface area contributed by atoms with Gasteiger partial charge in [0.25, 0.3) is 0 Å². The second-order valence-corrected chi connectivity index (χ2v) is 5.31. The van der Waals surface area contributed by atoms with Crippen molar-refractivity contribution < 1.29 is 9.53 Å². The molecule has 2 aromatic rings. The van der Waals surface area contributed by atoms with Crippen LogP contribution in [0.2, 0.25) is 0 Å². The first kappa shape index (κ1) is 15.6. The maximum Gasteiger partial charge on any atom is 0.234 e. The molecule has 1 atom stereocenters. The van der Waals surface area contributed by atoms with Crippen LogP contribution in [0.5, 0.6) is 5.75 Å². The van der Waals surface area contributed by atoms with Gasteiger partial charge in [-0.1, -0.05) is 67.4 Å². The molecule has 0 saturated heterocycles. The highest BCUT2D eigenvalue weighted by Gasteiger charge is 2.18. The van der Waals surface area contributed by atoms with E-state index in [1.54, 1.807) is 24.3 Å². The first-order valence-electron chi connectivity index (χ1n) is 7.19. The molecule has 0 amide bonds. The van der Waals surface area contributed by atoms with Gasteiger partial charge in [-0.05, 0) is 30.5 Å². The quantitative estimate of drug-likeness (QED) is 0.539. The van der Waals surface area contributed by atoms with Gasteiger partial charge in [0.05, 0.1) is 0 Å². The molecule has 2 nitrogen and oxygen atoms in total. The zero-order valence-electron chi connectivity index (χ0n) is 12.1. The van der Waals surface area contributed by atoms with Crippen molar-refractivity contribution in [3.63, 3.8) is 0 Å². The van der Waals surface area contributed by atoms with Crippen molar-refractivity contribution in [2.24, 2.45) is 0 Å². The van der Waals surface area contributed by atoms with Crippen LogP contribution in [0.15, 0.2) is 54.6 Å². The number of rotatable bonds is 7. The summed E-state index contributed by atoms with van der Waals surface area (Å²) in [5, 5.41) is 0. The molecule has 0 fully saturated rings. The van der Waals surface area contributed by atoms with E-state index in [0.717, 1.165) is 6.42 Å². The van der Waals surface area contributed by atoms with Gasteiger partial charge < -0.3 is 4.74 Å². The van der Waals surface area contributed by atoms with Gasteiger partial charge in [-0.25, -0.2) is 0 Å². The van der Waals surface area contributed by atoms with Gasteiger partial charge in [-0.2, -0.15) is 0 Å². The van der Waals surface area contributed by atoms with Crippen LogP contribution >= 0.6 is 11.6 Å². The maximum atomic E-state index is 12.1. The van der Waals surface area contributed by atoms with Crippen LogP contribution in [-0.2, 0) is 6.42 Å². The number of ketones is 1. The van der Waals surface area contributed by atoms with E-state index in [9.17, 15) is 4.79 Å². The molecule has 2 aromatic carbocycles. The zero-order valence-corrected chi connectivity index (χ0v) is 12.8. The van der Waals surface area contributed by atoms with Crippen molar-refractivity contribution in [1.29, 1.82) is 0 Å². The topological polar surface area (TPSA) is 26.3 Å². The maximum absolute atomic E-state index is 12.1. The molecule has 0 N–H and O–H groups in total. The number of hydrogen-bond acceptors (Lipinski definition) is 2. The Hall–Kier alpha value is -1.80. The van der Waals surface area contributed by atoms with E-state index in [1.165, 1.54) is 18.4 Å². The average Bonchev–Trinajstić information content (AvgIpc) is 2.54. The van der Waals surface area contributed by atoms with Crippen molar-refractivity contribution >= 4 is 17.4 Å². The Kier molecular flexibility index (Phi) is 5.82. The average molecular weight is 303 g/mol. The largest absolute Gasteiger partial charge is 0.467 e. The van der Waals surface area contributed by atoms with E-state index in [2.05, 4.69) is 6.92 Å². The summed E-state index contributed by atoms with van der Waals surface area (Å²) >= 11 is 6.05. The Morgan fingerprint density at radius 1 is 1.10 bits per heavy atom. The third-order valence-electron chi connectivity index (χ3n) is 3.25. The normalized spacial score (nSPS) is 11.9. The number of halogens is 1. The minimum absolute atomic E-state index is 0.229. The second-order valence-electron chi connectivity index (χ2n) is 4.91. The van der Waals surface area contributed by atoms with Crippen LogP contribution in [0.3, 0.4) is 0 Å².